The largest absolute Gasteiger partial charge is 0.389 e. The second-order valence-corrected chi connectivity index (χ2v) is 3.63. The molecule has 1 fully saturated rings. The smallest absolute Gasteiger partial charge is 0.0758 e. The van der Waals surface area contributed by atoms with Crippen LogP contribution in [-0.4, -0.2) is 11.2 Å². The minimum absolute atomic E-state index is 0.201. The number of fused-ring (bicyclic) bond motifs is 1. The van der Waals surface area contributed by atoms with E-state index in [9.17, 15) is 5.11 Å². The molecule has 0 aromatic carbocycles. The molecule has 0 heterocycles. The van der Waals surface area contributed by atoms with Crippen molar-refractivity contribution in [1.29, 1.82) is 0 Å². The van der Waals surface area contributed by atoms with Gasteiger partial charge in [0.15, 0.2) is 0 Å². The number of hydrogen-bond acceptors (Lipinski definition) is 1. The first-order valence-electron chi connectivity index (χ1n) is 4.34. The molecule has 2 aliphatic rings. The molecule has 0 aliphatic heterocycles. The van der Waals surface area contributed by atoms with Crippen LogP contribution in [-0.2, 0) is 0 Å². The van der Waals surface area contributed by atoms with Crippen molar-refractivity contribution in [2.45, 2.75) is 25.4 Å². The maximum absolute atomic E-state index is 9.57. The Balaban J connectivity index is 2.25. The highest BCUT2D eigenvalue weighted by molar-refractivity contribution is 5.26. The first kappa shape index (κ1) is 7.11. The minimum Gasteiger partial charge on any atom is -0.389 e. The molecule has 0 bridgehead atoms. The first-order chi connectivity index (χ1) is 5.29. The Labute approximate surface area is 67.4 Å². The predicted molar refractivity (Wildman–Crippen MR) is 45.1 cm³/mol. The monoisotopic (exact) mass is 150 g/mol. The summed E-state index contributed by atoms with van der Waals surface area (Å²) >= 11 is 0. The molecule has 1 saturated carbocycles. The molecule has 1 heteroatoms. The summed E-state index contributed by atoms with van der Waals surface area (Å²) in [5.41, 5.74) is 1.22. The molecule has 1 N–H and O–H groups in total. The molecule has 0 aromatic rings. The molecule has 1 nitrogen and oxygen atoms in total. The van der Waals surface area contributed by atoms with E-state index >= 15 is 0 Å². The molecular weight excluding hydrogens is 136 g/mol. The Morgan fingerprint density at radius 1 is 1.45 bits per heavy atom. The average Bonchev–Trinajstić information content (AvgIpc) is 2.45. The van der Waals surface area contributed by atoms with Crippen LogP contribution in [0.5, 0.6) is 0 Å². The minimum atomic E-state index is -0.201. The van der Waals surface area contributed by atoms with Crippen LogP contribution in [0.15, 0.2) is 24.3 Å². The molecule has 11 heavy (non-hydrogen) atoms. The van der Waals surface area contributed by atoms with Crippen molar-refractivity contribution in [1.82, 2.24) is 0 Å². The van der Waals surface area contributed by atoms with Gasteiger partial charge in [0.2, 0.25) is 0 Å². The van der Waals surface area contributed by atoms with E-state index in [-0.39, 0.29) is 6.10 Å². The van der Waals surface area contributed by atoms with Gasteiger partial charge in [0.05, 0.1) is 6.10 Å². The lowest BCUT2D eigenvalue weighted by Gasteiger charge is -2.27. The van der Waals surface area contributed by atoms with Crippen LogP contribution in [0.1, 0.15) is 19.3 Å². The number of aliphatic hydroxyl groups is 1. The highest BCUT2D eigenvalue weighted by atomic mass is 16.3. The summed E-state index contributed by atoms with van der Waals surface area (Å²) in [7, 11) is 0. The summed E-state index contributed by atoms with van der Waals surface area (Å²) in [6, 6.07) is 0. The number of allylic oxidation sites excluding steroid dienone is 2. The van der Waals surface area contributed by atoms with Crippen LogP contribution in [0.3, 0.4) is 0 Å². The maximum atomic E-state index is 9.57. The quantitative estimate of drug-likeness (QED) is 0.559. The van der Waals surface area contributed by atoms with Crippen molar-refractivity contribution in [3.8, 4) is 0 Å². The van der Waals surface area contributed by atoms with Gasteiger partial charge in [0, 0.05) is 0 Å². The van der Waals surface area contributed by atoms with Gasteiger partial charge >= 0.3 is 0 Å². The van der Waals surface area contributed by atoms with Crippen LogP contribution >= 0.6 is 0 Å². The van der Waals surface area contributed by atoms with Gasteiger partial charge in [0.1, 0.15) is 0 Å². The van der Waals surface area contributed by atoms with Crippen LogP contribution in [0, 0.1) is 11.8 Å². The molecule has 60 valence electrons. The molecule has 3 atom stereocenters. The fourth-order valence-corrected chi connectivity index (χ4v) is 2.35. The van der Waals surface area contributed by atoms with Gasteiger partial charge in [-0.3, -0.25) is 0 Å². The van der Waals surface area contributed by atoms with Crippen molar-refractivity contribution < 1.29 is 5.11 Å². The summed E-state index contributed by atoms with van der Waals surface area (Å²) in [6.07, 6.45) is 7.33. The van der Waals surface area contributed by atoms with Crippen molar-refractivity contribution in [3.63, 3.8) is 0 Å². The molecule has 0 radical (unpaired) electrons. The molecule has 2 aliphatic carbocycles. The van der Waals surface area contributed by atoms with Crippen molar-refractivity contribution >= 4 is 0 Å². The van der Waals surface area contributed by atoms with E-state index in [4.69, 9.17) is 0 Å². The number of hydrogen-bond donors (Lipinski definition) is 1. The van der Waals surface area contributed by atoms with Crippen LogP contribution in [0.25, 0.3) is 0 Å². The number of aliphatic hydroxyl groups excluding tert-OH is 1. The van der Waals surface area contributed by atoms with E-state index in [1.54, 1.807) is 0 Å². The Bertz CT molecular complexity index is 205. The van der Waals surface area contributed by atoms with Crippen molar-refractivity contribution in [3.05, 3.63) is 24.3 Å². The molecule has 0 unspecified atom stereocenters. The Morgan fingerprint density at radius 2 is 2.27 bits per heavy atom. The molecule has 0 aromatic heterocycles. The lowest BCUT2D eigenvalue weighted by Crippen LogP contribution is -2.25. The molecule has 0 saturated heterocycles. The third-order valence-corrected chi connectivity index (χ3v) is 2.99. The topological polar surface area (TPSA) is 20.2 Å². The standard InChI is InChI=1S/C10H14O/c1-7-5-6-10(11)9-4-2-3-8(7)9/h5-6,8-11H,1-4H2/t8-,9+,10+/m0/s1. The highest BCUT2D eigenvalue weighted by Crippen LogP contribution is 2.41. The zero-order chi connectivity index (χ0) is 7.84. The Kier molecular flexibility index (Phi) is 1.61. The lowest BCUT2D eigenvalue weighted by molar-refractivity contribution is 0.132. The van der Waals surface area contributed by atoms with Gasteiger partial charge < -0.3 is 5.11 Å². The number of rotatable bonds is 0. The van der Waals surface area contributed by atoms with Gasteiger partial charge in [-0.05, 0) is 24.7 Å². The SMILES string of the molecule is C=C1C=C[C@@H](O)[C@@H]2CCC[C@@H]12. The Hall–Kier alpha value is -0.560. The van der Waals surface area contributed by atoms with E-state index in [0.717, 1.165) is 0 Å². The first-order valence-corrected chi connectivity index (χ1v) is 4.34. The summed E-state index contributed by atoms with van der Waals surface area (Å²) in [5, 5.41) is 9.57. The normalized spacial score (nSPS) is 42.6. The van der Waals surface area contributed by atoms with E-state index in [1.807, 2.05) is 12.2 Å². The van der Waals surface area contributed by atoms with Gasteiger partial charge in [0.25, 0.3) is 0 Å². The van der Waals surface area contributed by atoms with E-state index < -0.39 is 0 Å². The highest BCUT2D eigenvalue weighted by Gasteiger charge is 2.34. The molecule has 2 rings (SSSR count). The van der Waals surface area contributed by atoms with Gasteiger partial charge in [-0.15, -0.1) is 0 Å². The summed E-state index contributed by atoms with van der Waals surface area (Å²) in [5.74, 6) is 1.06. The van der Waals surface area contributed by atoms with E-state index in [0.29, 0.717) is 11.8 Å². The third kappa shape index (κ3) is 1.04. The zero-order valence-corrected chi connectivity index (χ0v) is 6.66. The summed E-state index contributed by atoms with van der Waals surface area (Å²) in [6.45, 7) is 3.99. The summed E-state index contributed by atoms with van der Waals surface area (Å²) < 4.78 is 0. The fraction of sp³-hybridized carbons (Fsp3) is 0.600. The summed E-state index contributed by atoms with van der Waals surface area (Å²) in [4.78, 5) is 0. The zero-order valence-electron chi connectivity index (χ0n) is 6.66. The van der Waals surface area contributed by atoms with Crippen LogP contribution < -0.4 is 0 Å². The van der Waals surface area contributed by atoms with Gasteiger partial charge in [-0.1, -0.05) is 30.7 Å². The fourth-order valence-electron chi connectivity index (χ4n) is 2.35. The second-order valence-electron chi connectivity index (χ2n) is 3.63. The van der Waals surface area contributed by atoms with Gasteiger partial charge in [-0.2, -0.15) is 0 Å². The van der Waals surface area contributed by atoms with Crippen LogP contribution in [0.4, 0.5) is 0 Å². The molecule has 0 spiro atoms. The third-order valence-electron chi connectivity index (χ3n) is 2.99. The maximum Gasteiger partial charge on any atom is 0.0758 e. The van der Waals surface area contributed by atoms with Gasteiger partial charge in [-0.25, -0.2) is 0 Å². The molecular formula is C10H14O. The van der Waals surface area contributed by atoms with Crippen LogP contribution in [0.2, 0.25) is 0 Å². The lowest BCUT2D eigenvalue weighted by atomic mass is 9.81. The average molecular weight is 150 g/mol. The van der Waals surface area contributed by atoms with Crippen molar-refractivity contribution in [2.24, 2.45) is 11.8 Å². The molecule has 0 amide bonds. The second kappa shape index (κ2) is 2.49. The van der Waals surface area contributed by atoms with E-state index in [1.165, 1.54) is 24.8 Å². The van der Waals surface area contributed by atoms with Crippen molar-refractivity contribution in [2.75, 3.05) is 0 Å². The predicted octanol–water partition coefficient (Wildman–Crippen LogP) is 1.89. The Morgan fingerprint density at radius 3 is 3.00 bits per heavy atom. The van der Waals surface area contributed by atoms with E-state index in [2.05, 4.69) is 6.58 Å².